The van der Waals surface area contributed by atoms with E-state index < -0.39 is 0 Å². The summed E-state index contributed by atoms with van der Waals surface area (Å²) in [7, 11) is 0. The first-order valence-electron chi connectivity index (χ1n) is 8.85. The summed E-state index contributed by atoms with van der Waals surface area (Å²) < 4.78 is 0. The van der Waals surface area contributed by atoms with E-state index >= 15 is 0 Å². The second kappa shape index (κ2) is 21.7. The van der Waals surface area contributed by atoms with E-state index in [9.17, 15) is 4.79 Å². The van der Waals surface area contributed by atoms with Crippen molar-refractivity contribution < 1.29 is 27.2 Å². The van der Waals surface area contributed by atoms with Crippen molar-refractivity contribution in [1.82, 2.24) is 0 Å². The Balaban J connectivity index is 0. The molecule has 0 aliphatic heterocycles. The topological polar surface area (TPSA) is 17.1 Å². The van der Waals surface area contributed by atoms with Crippen LogP contribution in [0.25, 0.3) is 0 Å². The van der Waals surface area contributed by atoms with Crippen molar-refractivity contribution in [1.29, 1.82) is 0 Å². The normalized spacial score (nSPS) is 10.2. The maximum absolute atomic E-state index is 10.1. The van der Waals surface area contributed by atoms with Gasteiger partial charge in [-0.2, -0.15) is 0 Å². The average Bonchev–Trinajstić information content (AvgIpc) is 2.43. The van der Waals surface area contributed by atoms with Crippen LogP contribution >= 0.6 is 0 Å². The Kier molecular flexibility index (Phi) is 24.6. The molecule has 0 N–H and O–H groups in total. The van der Waals surface area contributed by atoms with E-state index in [4.69, 9.17) is 0 Å². The van der Waals surface area contributed by atoms with Crippen molar-refractivity contribution in [3.05, 3.63) is 0 Å². The second-order valence-electron chi connectivity index (χ2n) is 5.91. The molecule has 20 heavy (non-hydrogen) atoms. The fourth-order valence-corrected chi connectivity index (χ4v) is 2.60. The fourth-order valence-electron chi connectivity index (χ4n) is 2.60. The van der Waals surface area contributed by atoms with Crippen molar-refractivity contribution in [2.75, 3.05) is 0 Å². The first-order valence-corrected chi connectivity index (χ1v) is 8.85. The van der Waals surface area contributed by atoms with Gasteiger partial charge in [0.15, 0.2) is 0 Å². The Hall–Kier alpha value is 0.410. The first-order chi connectivity index (χ1) is 9.41. The van der Waals surface area contributed by atoms with Crippen LogP contribution in [0, 0.1) is 0 Å². The van der Waals surface area contributed by atoms with Crippen LogP contribution in [-0.4, -0.2) is 6.29 Å². The molecule has 0 unspecified atom stereocenters. The minimum absolute atomic E-state index is 0. The monoisotopic (exact) mass is 375 g/mol. The van der Waals surface area contributed by atoms with Crippen molar-refractivity contribution in [3.8, 4) is 0 Å². The third-order valence-corrected chi connectivity index (χ3v) is 3.93. The molecule has 0 aromatic rings. The zero-order valence-electron chi connectivity index (χ0n) is 13.6. The van der Waals surface area contributed by atoms with Gasteiger partial charge in [-0.05, 0) is 6.42 Å². The van der Waals surface area contributed by atoms with E-state index in [0.29, 0.717) is 0 Å². The molecule has 125 valence electrons. The molecule has 0 spiro atoms. The Labute approximate surface area is 143 Å². The van der Waals surface area contributed by atoms with Gasteiger partial charge < -0.3 is 4.79 Å². The van der Waals surface area contributed by atoms with E-state index in [0.717, 1.165) is 19.1 Å². The Morgan fingerprint density at radius 2 is 0.850 bits per heavy atom. The number of aldehydes is 1. The van der Waals surface area contributed by atoms with Gasteiger partial charge in [-0.15, -0.1) is 0 Å². The van der Waals surface area contributed by atoms with Crippen LogP contribution < -0.4 is 0 Å². The molecule has 0 heterocycles. The third-order valence-electron chi connectivity index (χ3n) is 3.93. The van der Waals surface area contributed by atoms with Crippen LogP contribution in [0.2, 0.25) is 0 Å². The fraction of sp³-hybridized carbons (Fsp3) is 0.944. The third kappa shape index (κ3) is 20.7. The minimum atomic E-state index is 0. The maximum atomic E-state index is 10.1. The van der Waals surface area contributed by atoms with Gasteiger partial charge >= 0.3 is 0 Å². The molecule has 0 fully saturated rings. The van der Waals surface area contributed by atoms with Crippen LogP contribution in [0.1, 0.15) is 110 Å². The zero-order chi connectivity index (χ0) is 14.0. The average molecular weight is 376 g/mol. The zero-order valence-corrected chi connectivity index (χ0v) is 15.1. The maximum Gasteiger partial charge on any atom is 0.119 e. The molecule has 1 radical (unpaired) electrons. The molecule has 0 saturated carbocycles. The van der Waals surface area contributed by atoms with Crippen LogP contribution in [0.5, 0.6) is 0 Å². The Morgan fingerprint density at radius 3 is 1.15 bits per heavy atom. The van der Waals surface area contributed by atoms with Crippen molar-refractivity contribution in [2.24, 2.45) is 0 Å². The molecule has 0 atom stereocenters. The number of hydrogen-bond acceptors (Lipinski definition) is 1. The Bertz CT molecular complexity index is 171. The minimum Gasteiger partial charge on any atom is -0.303 e. The summed E-state index contributed by atoms with van der Waals surface area (Å²) in [6.07, 6.45) is 22.6. The molecular weight excluding hydrogens is 340 g/mol. The SMILES string of the molecule is CCCCCCCCCCCCCCCCCC=O.[Ag]. The van der Waals surface area contributed by atoms with Gasteiger partial charge in [0.05, 0.1) is 0 Å². The number of unbranched alkanes of at least 4 members (excludes halogenated alkanes) is 15. The van der Waals surface area contributed by atoms with Crippen LogP contribution in [0.4, 0.5) is 0 Å². The molecule has 0 amide bonds. The van der Waals surface area contributed by atoms with Crippen LogP contribution in [0.3, 0.4) is 0 Å². The summed E-state index contributed by atoms with van der Waals surface area (Å²) in [6, 6.07) is 0. The van der Waals surface area contributed by atoms with Gasteiger partial charge in [0, 0.05) is 28.8 Å². The molecule has 0 rings (SSSR count). The van der Waals surface area contributed by atoms with E-state index in [1.165, 1.54) is 89.9 Å². The largest absolute Gasteiger partial charge is 0.303 e. The van der Waals surface area contributed by atoms with E-state index in [1.807, 2.05) is 0 Å². The molecule has 0 aliphatic carbocycles. The van der Waals surface area contributed by atoms with E-state index in [1.54, 1.807) is 0 Å². The van der Waals surface area contributed by atoms with Crippen molar-refractivity contribution in [2.45, 2.75) is 110 Å². The number of hydrogen-bond donors (Lipinski definition) is 0. The predicted molar refractivity (Wildman–Crippen MR) is 85.6 cm³/mol. The molecule has 0 saturated heterocycles. The molecule has 2 heteroatoms. The summed E-state index contributed by atoms with van der Waals surface area (Å²) in [5.41, 5.74) is 0. The Morgan fingerprint density at radius 1 is 0.550 bits per heavy atom. The van der Waals surface area contributed by atoms with Gasteiger partial charge in [0.1, 0.15) is 6.29 Å². The van der Waals surface area contributed by atoms with Gasteiger partial charge in [-0.1, -0.05) is 96.8 Å². The summed E-state index contributed by atoms with van der Waals surface area (Å²) >= 11 is 0. The summed E-state index contributed by atoms with van der Waals surface area (Å²) in [4.78, 5) is 10.1. The quantitative estimate of drug-likeness (QED) is 0.172. The first kappa shape index (κ1) is 22.7. The molecule has 0 bridgehead atoms. The molecular formula is C18H36AgO. The number of rotatable bonds is 16. The molecule has 0 aliphatic rings. The number of carbonyl (C=O) groups excluding carboxylic acids is 1. The van der Waals surface area contributed by atoms with Crippen molar-refractivity contribution >= 4 is 6.29 Å². The summed E-state index contributed by atoms with van der Waals surface area (Å²) in [5.74, 6) is 0. The number of carbonyl (C=O) groups is 1. The molecule has 0 aromatic carbocycles. The van der Waals surface area contributed by atoms with Crippen molar-refractivity contribution in [3.63, 3.8) is 0 Å². The van der Waals surface area contributed by atoms with Gasteiger partial charge in [-0.25, -0.2) is 0 Å². The molecule has 1 nitrogen and oxygen atoms in total. The summed E-state index contributed by atoms with van der Waals surface area (Å²) in [5, 5.41) is 0. The van der Waals surface area contributed by atoms with Crippen LogP contribution in [-0.2, 0) is 27.2 Å². The van der Waals surface area contributed by atoms with Gasteiger partial charge in [0.2, 0.25) is 0 Å². The van der Waals surface area contributed by atoms with E-state index in [2.05, 4.69) is 6.92 Å². The van der Waals surface area contributed by atoms with Gasteiger partial charge in [-0.3, -0.25) is 0 Å². The van der Waals surface area contributed by atoms with E-state index in [-0.39, 0.29) is 22.4 Å². The second-order valence-corrected chi connectivity index (χ2v) is 5.91. The standard InChI is InChI=1S/C18H36O.Ag/c1-2-3-4-5-6-7-8-9-10-11-12-13-14-15-16-17-18-19;/h18H,2-17H2,1H3;. The summed E-state index contributed by atoms with van der Waals surface area (Å²) in [6.45, 7) is 2.28. The molecule has 0 aromatic heterocycles. The van der Waals surface area contributed by atoms with Gasteiger partial charge in [0.25, 0.3) is 0 Å². The smallest absolute Gasteiger partial charge is 0.119 e. The predicted octanol–water partition coefficient (Wildman–Crippen LogP) is 6.44. The van der Waals surface area contributed by atoms with Crippen LogP contribution in [0.15, 0.2) is 0 Å².